The summed E-state index contributed by atoms with van der Waals surface area (Å²) >= 11 is 12.2. The van der Waals surface area contributed by atoms with Crippen molar-refractivity contribution >= 4 is 35.0 Å². The molecule has 5 nitrogen and oxygen atoms in total. The van der Waals surface area contributed by atoms with Crippen LogP contribution >= 0.6 is 23.2 Å². The number of primary amides is 1. The van der Waals surface area contributed by atoms with E-state index >= 15 is 0 Å². The second kappa shape index (κ2) is 5.66. The van der Waals surface area contributed by atoms with Crippen molar-refractivity contribution in [3.05, 3.63) is 56.8 Å². The molecule has 1 aliphatic rings. The average molecular weight is 338 g/mol. The molecule has 2 aromatic rings. The average Bonchev–Trinajstić information content (AvgIpc) is 2.96. The molecular weight excluding hydrogens is 325 g/mol. The van der Waals surface area contributed by atoms with Gasteiger partial charge in [-0.1, -0.05) is 23.2 Å². The second-order valence-corrected chi connectivity index (χ2v) is 6.01. The standard InChI is InChI=1S/C15H13Cl2N3O2/c16-10-3-8-1-2-20(7-11(8)12(17)5-10)15(22)13-4-9(6-19-13)14(18)21/h3-6,19H,1-2,7H2,(H2,18,21). The number of halogens is 2. The number of hydrogen-bond donors (Lipinski definition) is 2. The van der Waals surface area contributed by atoms with Gasteiger partial charge in [-0.25, -0.2) is 0 Å². The Bertz CT molecular complexity index is 770. The lowest BCUT2D eigenvalue weighted by Crippen LogP contribution is -2.36. The summed E-state index contributed by atoms with van der Waals surface area (Å²) in [5.74, 6) is -0.763. The van der Waals surface area contributed by atoms with E-state index in [0.29, 0.717) is 35.2 Å². The third-order valence-electron chi connectivity index (χ3n) is 3.74. The molecule has 0 bridgehead atoms. The summed E-state index contributed by atoms with van der Waals surface area (Å²) in [5.41, 5.74) is 7.78. The first-order valence-corrected chi connectivity index (χ1v) is 7.45. The molecule has 114 valence electrons. The lowest BCUT2D eigenvalue weighted by molar-refractivity contribution is 0.0729. The highest BCUT2D eigenvalue weighted by Gasteiger charge is 2.25. The van der Waals surface area contributed by atoms with E-state index in [0.717, 1.165) is 11.1 Å². The van der Waals surface area contributed by atoms with Crippen molar-refractivity contribution in [2.45, 2.75) is 13.0 Å². The molecule has 0 saturated carbocycles. The Morgan fingerprint density at radius 1 is 1.23 bits per heavy atom. The number of aromatic nitrogens is 1. The van der Waals surface area contributed by atoms with E-state index in [2.05, 4.69) is 4.98 Å². The van der Waals surface area contributed by atoms with E-state index < -0.39 is 5.91 Å². The number of H-pyrrole nitrogens is 1. The molecular formula is C15H13Cl2N3O2. The summed E-state index contributed by atoms with van der Waals surface area (Å²) in [5, 5.41) is 1.16. The number of nitrogens with two attached hydrogens (primary N) is 1. The van der Waals surface area contributed by atoms with Gasteiger partial charge < -0.3 is 15.6 Å². The molecule has 1 aromatic carbocycles. The van der Waals surface area contributed by atoms with Gasteiger partial charge in [-0.15, -0.1) is 0 Å². The van der Waals surface area contributed by atoms with Crippen molar-refractivity contribution in [1.82, 2.24) is 9.88 Å². The van der Waals surface area contributed by atoms with Gasteiger partial charge in [-0.2, -0.15) is 0 Å². The number of fused-ring (bicyclic) bond motifs is 1. The van der Waals surface area contributed by atoms with Gasteiger partial charge in [-0.05, 0) is 35.7 Å². The van der Waals surface area contributed by atoms with Gasteiger partial charge >= 0.3 is 0 Å². The quantitative estimate of drug-likeness (QED) is 0.883. The van der Waals surface area contributed by atoms with Gasteiger partial charge in [0.25, 0.3) is 5.91 Å². The Balaban J connectivity index is 1.84. The number of hydrogen-bond acceptors (Lipinski definition) is 2. The van der Waals surface area contributed by atoms with Gasteiger partial charge in [0.15, 0.2) is 0 Å². The lowest BCUT2D eigenvalue weighted by atomic mass is 9.99. The van der Waals surface area contributed by atoms with Crippen LogP contribution < -0.4 is 5.73 Å². The largest absolute Gasteiger partial charge is 0.366 e. The van der Waals surface area contributed by atoms with E-state index in [1.807, 2.05) is 6.07 Å². The van der Waals surface area contributed by atoms with Crippen molar-refractivity contribution in [3.63, 3.8) is 0 Å². The first kappa shape index (κ1) is 14.9. The molecule has 1 aromatic heterocycles. The fraction of sp³-hybridized carbons (Fsp3) is 0.200. The molecule has 1 aliphatic heterocycles. The first-order chi connectivity index (χ1) is 10.5. The number of aromatic amines is 1. The highest BCUT2D eigenvalue weighted by atomic mass is 35.5. The number of nitrogens with one attached hydrogen (secondary N) is 1. The van der Waals surface area contributed by atoms with Gasteiger partial charge in [0.2, 0.25) is 5.91 Å². The van der Waals surface area contributed by atoms with Gasteiger partial charge in [0.1, 0.15) is 5.69 Å². The molecule has 0 spiro atoms. The van der Waals surface area contributed by atoms with Crippen LogP contribution in [-0.4, -0.2) is 28.2 Å². The van der Waals surface area contributed by atoms with Crippen molar-refractivity contribution in [2.75, 3.05) is 6.54 Å². The summed E-state index contributed by atoms with van der Waals surface area (Å²) in [4.78, 5) is 28.1. The Hall–Kier alpha value is -1.98. The fourth-order valence-corrected chi connectivity index (χ4v) is 3.18. The van der Waals surface area contributed by atoms with Crippen LogP contribution in [-0.2, 0) is 13.0 Å². The predicted molar refractivity (Wildman–Crippen MR) is 84.2 cm³/mol. The smallest absolute Gasteiger partial charge is 0.270 e. The molecule has 0 radical (unpaired) electrons. The lowest BCUT2D eigenvalue weighted by Gasteiger charge is -2.29. The maximum Gasteiger partial charge on any atom is 0.270 e. The molecule has 2 amide bonds. The van der Waals surface area contributed by atoms with Crippen LogP contribution in [0.2, 0.25) is 10.0 Å². The van der Waals surface area contributed by atoms with Crippen LogP contribution in [0.15, 0.2) is 24.4 Å². The van der Waals surface area contributed by atoms with Crippen LogP contribution in [0.3, 0.4) is 0 Å². The zero-order valence-electron chi connectivity index (χ0n) is 11.5. The van der Waals surface area contributed by atoms with Gasteiger partial charge in [0.05, 0.1) is 5.56 Å². The number of nitrogens with zero attached hydrogens (tertiary/aromatic N) is 1. The summed E-state index contributed by atoms with van der Waals surface area (Å²) in [7, 11) is 0. The van der Waals surface area contributed by atoms with Crippen LogP contribution in [0.1, 0.15) is 32.0 Å². The van der Waals surface area contributed by atoms with Crippen LogP contribution in [0.5, 0.6) is 0 Å². The Morgan fingerprint density at radius 2 is 2.00 bits per heavy atom. The summed E-state index contributed by atoms with van der Waals surface area (Å²) in [6.45, 7) is 0.975. The van der Waals surface area contributed by atoms with Crippen molar-refractivity contribution < 1.29 is 9.59 Å². The van der Waals surface area contributed by atoms with E-state index in [4.69, 9.17) is 28.9 Å². The number of amides is 2. The Kier molecular flexibility index (Phi) is 3.85. The molecule has 0 atom stereocenters. The molecule has 0 unspecified atom stereocenters. The molecule has 22 heavy (non-hydrogen) atoms. The normalized spacial score (nSPS) is 13.8. The molecule has 2 heterocycles. The van der Waals surface area contributed by atoms with E-state index in [-0.39, 0.29) is 11.5 Å². The summed E-state index contributed by atoms with van der Waals surface area (Å²) < 4.78 is 0. The topological polar surface area (TPSA) is 79.2 Å². The van der Waals surface area contributed by atoms with Crippen molar-refractivity contribution in [3.8, 4) is 0 Å². The molecule has 7 heteroatoms. The van der Waals surface area contributed by atoms with Crippen molar-refractivity contribution in [2.24, 2.45) is 5.73 Å². The third kappa shape index (κ3) is 2.69. The summed E-state index contributed by atoms with van der Waals surface area (Å²) in [6.07, 6.45) is 2.12. The van der Waals surface area contributed by atoms with E-state index in [9.17, 15) is 9.59 Å². The molecule has 3 rings (SSSR count). The Morgan fingerprint density at radius 3 is 2.68 bits per heavy atom. The highest BCUT2D eigenvalue weighted by molar-refractivity contribution is 6.35. The first-order valence-electron chi connectivity index (χ1n) is 6.70. The number of carbonyl (C=O) groups excluding carboxylic acids is 2. The van der Waals surface area contributed by atoms with Gasteiger partial charge in [-0.3, -0.25) is 9.59 Å². The zero-order valence-corrected chi connectivity index (χ0v) is 13.0. The van der Waals surface area contributed by atoms with Crippen LogP contribution in [0, 0.1) is 0 Å². The third-order valence-corrected chi connectivity index (χ3v) is 4.29. The zero-order chi connectivity index (χ0) is 15.9. The molecule has 3 N–H and O–H groups in total. The van der Waals surface area contributed by atoms with Gasteiger partial charge in [0, 0.05) is 29.3 Å². The fourth-order valence-electron chi connectivity index (χ4n) is 2.59. The molecule has 0 aliphatic carbocycles. The van der Waals surface area contributed by atoms with Crippen molar-refractivity contribution in [1.29, 1.82) is 0 Å². The maximum absolute atomic E-state index is 12.5. The number of benzene rings is 1. The van der Waals surface area contributed by atoms with E-state index in [1.54, 1.807) is 11.0 Å². The van der Waals surface area contributed by atoms with Crippen LogP contribution in [0.4, 0.5) is 0 Å². The van der Waals surface area contributed by atoms with E-state index in [1.165, 1.54) is 12.3 Å². The molecule has 0 saturated heterocycles. The maximum atomic E-state index is 12.5. The Labute approximate surface area is 137 Å². The SMILES string of the molecule is NC(=O)c1c[nH]c(C(=O)N2CCc3cc(Cl)cc(Cl)c3C2)c1. The predicted octanol–water partition coefficient (Wildman–Crippen LogP) is 2.62. The summed E-state index contributed by atoms with van der Waals surface area (Å²) in [6, 6.07) is 5.02. The highest BCUT2D eigenvalue weighted by Crippen LogP contribution is 2.30. The minimum Gasteiger partial charge on any atom is -0.366 e. The van der Waals surface area contributed by atoms with Crippen LogP contribution in [0.25, 0.3) is 0 Å². The molecule has 0 fully saturated rings. The minimum atomic E-state index is -0.572. The minimum absolute atomic E-state index is 0.191. The monoisotopic (exact) mass is 337 g/mol. The number of rotatable bonds is 2. The number of carbonyl (C=O) groups is 2. The second-order valence-electron chi connectivity index (χ2n) is 5.17.